The molecule has 8 nitrogen and oxygen atoms in total. The first-order valence-electron chi connectivity index (χ1n) is 12.6. The predicted molar refractivity (Wildman–Crippen MR) is 133 cm³/mol. The summed E-state index contributed by atoms with van der Waals surface area (Å²) in [6.07, 6.45) is -7.94. The molecule has 2 rings (SSSR count). The highest BCUT2D eigenvalue weighted by atomic mass is 32.2. The average molecular weight is 797 g/mol. The standard InChI is InChI=1S/C25H16F17NO7S/c1-43(6-7-50-14-9-11(16(44)45)8-12(10-14)17(46)47)13-2-4-15(5-3-13)51(48,49)25(41,42)23(36,37)21(32,33)19(28,29)18(26,27)20(30,31)22(34,35)24(38,39)40/h2-5,8-10H,6-7H2,1H3,(H,44,45)(H,46,47). The normalized spacial score (nSPS) is 14.3. The zero-order valence-electron chi connectivity index (χ0n) is 24.2. The first kappa shape index (κ1) is 42.9. The maximum atomic E-state index is 14.5. The van der Waals surface area contributed by atoms with Crippen molar-refractivity contribution in [1.29, 1.82) is 0 Å². The van der Waals surface area contributed by atoms with Crippen LogP contribution in [-0.2, 0) is 9.84 Å². The minimum atomic E-state index is -8.95. The molecule has 0 saturated carbocycles. The molecule has 26 heteroatoms. The highest BCUT2D eigenvalue weighted by Gasteiger charge is 2.96. The Hall–Kier alpha value is -4.26. The number of carbonyl (C=O) groups is 2. The summed E-state index contributed by atoms with van der Waals surface area (Å²) in [5.74, 6) is -55.6. The van der Waals surface area contributed by atoms with Crippen molar-refractivity contribution in [3.05, 3.63) is 53.6 Å². The summed E-state index contributed by atoms with van der Waals surface area (Å²) in [5, 5.41) is 10.4. The Kier molecular flexibility index (Phi) is 11.0. The van der Waals surface area contributed by atoms with Crippen molar-refractivity contribution in [3.8, 4) is 5.75 Å². The number of nitrogens with zero attached hydrogens (tertiary/aromatic N) is 1. The first-order valence-corrected chi connectivity index (χ1v) is 14.1. The van der Waals surface area contributed by atoms with E-state index in [-0.39, 0.29) is 30.1 Å². The van der Waals surface area contributed by atoms with Crippen LogP contribution in [0.2, 0.25) is 0 Å². The van der Waals surface area contributed by atoms with E-state index in [0.29, 0.717) is 12.1 Å². The maximum Gasteiger partial charge on any atom is 0.460 e. The van der Waals surface area contributed by atoms with Crippen LogP contribution in [0.3, 0.4) is 0 Å². The molecule has 2 N–H and O–H groups in total. The number of benzene rings is 2. The van der Waals surface area contributed by atoms with Crippen LogP contribution in [0, 0.1) is 0 Å². The Labute approximate surface area is 271 Å². The number of likely N-dealkylation sites (N-methyl/N-ethyl adjacent to an activating group) is 1. The van der Waals surface area contributed by atoms with Crippen LogP contribution in [0.4, 0.5) is 80.3 Å². The maximum absolute atomic E-state index is 14.5. The lowest BCUT2D eigenvalue weighted by Gasteiger charge is -2.42. The monoisotopic (exact) mass is 797 g/mol. The number of hydrogen-bond donors (Lipinski definition) is 2. The number of alkyl halides is 17. The van der Waals surface area contributed by atoms with E-state index >= 15 is 0 Å². The lowest BCUT2D eigenvalue weighted by atomic mass is 9.91. The summed E-state index contributed by atoms with van der Waals surface area (Å²) >= 11 is 0. The number of aromatic carboxylic acids is 2. The van der Waals surface area contributed by atoms with Gasteiger partial charge in [0, 0.05) is 12.7 Å². The van der Waals surface area contributed by atoms with Crippen LogP contribution < -0.4 is 9.64 Å². The summed E-state index contributed by atoms with van der Waals surface area (Å²) < 4.78 is 260. The van der Waals surface area contributed by atoms with Gasteiger partial charge in [-0.3, -0.25) is 0 Å². The second kappa shape index (κ2) is 13.1. The number of ether oxygens (including phenoxy) is 1. The van der Waals surface area contributed by atoms with Gasteiger partial charge in [-0.25, -0.2) is 18.0 Å². The van der Waals surface area contributed by atoms with Crippen molar-refractivity contribution < 1.29 is 108 Å². The van der Waals surface area contributed by atoms with Crippen LogP contribution >= 0.6 is 0 Å². The molecule has 51 heavy (non-hydrogen) atoms. The van der Waals surface area contributed by atoms with Gasteiger partial charge >= 0.3 is 58.9 Å². The minimum absolute atomic E-state index is 0.0790. The number of sulfone groups is 1. The third-order valence-corrected chi connectivity index (χ3v) is 8.54. The topological polar surface area (TPSA) is 121 Å². The first-order chi connectivity index (χ1) is 22.6. The Morgan fingerprint density at radius 2 is 1.00 bits per heavy atom. The highest BCUT2D eigenvalue weighted by molar-refractivity contribution is 7.92. The number of hydrogen-bond acceptors (Lipinski definition) is 6. The van der Waals surface area contributed by atoms with E-state index in [4.69, 9.17) is 14.9 Å². The molecule has 0 fully saturated rings. The molecule has 0 unspecified atom stereocenters. The lowest BCUT2D eigenvalue weighted by molar-refractivity contribution is -0.458. The second-order valence-corrected chi connectivity index (χ2v) is 12.1. The molecule has 0 aliphatic rings. The van der Waals surface area contributed by atoms with Gasteiger partial charge in [-0.15, -0.1) is 0 Å². The van der Waals surface area contributed by atoms with Gasteiger partial charge in [0.15, 0.2) is 0 Å². The SMILES string of the molecule is CN(CCOc1cc(C(=O)O)cc(C(=O)O)c1)c1ccc(S(=O)(=O)C(F)(F)C(F)(F)C(F)(F)C(F)(F)C(F)(F)C(F)(F)C(F)(F)C(F)(F)F)cc1. The van der Waals surface area contributed by atoms with Crippen molar-refractivity contribution in [2.45, 2.75) is 51.9 Å². The summed E-state index contributed by atoms with van der Waals surface area (Å²) in [6, 6.07) is 3.32. The molecular formula is C25H16F17NO7S. The van der Waals surface area contributed by atoms with Gasteiger partial charge in [-0.1, -0.05) is 0 Å². The summed E-state index contributed by atoms with van der Waals surface area (Å²) in [4.78, 5) is 21.2. The number of anilines is 1. The molecule has 0 spiro atoms. The molecule has 0 aliphatic heterocycles. The zero-order chi connectivity index (χ0) is 40.2. The molecule has 0 atom stereocenters. The molecule has 0 bridgehead atoms. The van der Waals surface area contributed by atoms with Gasteiger partial charge in [0.05, 0.1) is 22.6 Å². The van der Waals surface area contributed by atoms with Gasteiger partial charge in [0.2, 0.25) is 9.84 Å². The molecule has 0 aliphatic carbocycles. The van der Waals surface area contributed by atoms with Gasteiger partial charge in [0.1, 0.15) is 12.4 Å². The highest BCUT2D eigenvalue weighted by Crippen LogP contribution is 2.64. The fourth-order valence-corrected chi connectivity index (χ4v) is 4.96. The van der Waals surface area contributed by atoms with Gasteiger partial charge in [-0.2, -0.15) is 74.6 Å². The summed E-state index contributed by atoms with van der Waals surface area (Å²) in [5.41, 5.74) is -1.32. The van der Waals surface area contributed by atoms with Gasteiger partial charge in [0.25, 0.3) is 0 Å². The predicted octanol–water partition coefficient (Wildman–Crippen LogP) is 7.34. The van der Waals surface area contributed by atoms with Crippen LogP contribution in [-0.4, -0.2) is 97.7 Å². The molecular weight excluding hydrogens is 781 g/mol. The summed E-state index contributed by atoms with van der Waals surface area (Å²) in [7, 11) is -6.35. The lowest BCUT2D eigenvalue weighted by Crippen LogP contribution is -2.75. The Morgan fingerprint density at radius 1 is 0.627 bits per heavy atom. The van der Waals surface area contributed by atoms with Crippen LogP contribution in [0.25, 0.3) is 0 Å². The van der Waals surface area contributed by atoms with E-state index in [9.17, 15) is 92.6 Å². The van der Waals surface area contributed by atoms with E-state index in [1.54, 1.807) is 0 Å². The van der Waals surface area contributed by atoms with Crippen molar-refractivity contribution >= 4 is 27.5 Å². The molecule has 0 saturated heterocycles. The molecule has 0 aromatic heterocycles. The average Bonchev–Trinajstić information content (AvgIpc) is 2.99. The molecule has 0 radical (unpaired) electrons. The minimum Gasteiger partial charge on any atom is -0.492 e. The number of rotatable bonds is 15. The fraction of sp³-hybridized carbons (Fsp3) is 0.440. The Morgan fingerprint density at radius 3 is 1.37 bits per heavy atom. The van der Waals surface area contributed by atoms with Crippen molar-refractivity contribution in [3.63, 3.8) is 0 Å². The van der Waals surface area contributed by atoms with Crippen molar-refractivity contribution in [2.24, 2.45) is 0 Å². The largest absolute Gasteiger partial charge is 0.492 e. The van der Waals surface area contributed by atoms with E-state index in [0.717, 1.165) is 30.1 Å². The van der Waals surface area contributed by atoms with Crippen LogP contribution in [0.15, 0.2) is 47.4 Å². The Bertz CT molecular complexity index is 1710. The third kappa shape index (κ3) is 6.76. The number of carboxylic acids is 2. The van der Waals surface area contributed by atoms with E-state index in [1.807, 2.05) is 0 Å². The molecule has 0 amide bonds. The molecule has 2 aromatic rings. The van der Waals surface area contributed by atoms with E-state index < -0.39 is 91.4 Å². The molecule has 2 aromatic carbocycles. The number of halogens is 17. The Balaban J connectivity index is 2.40. The van der Waals surface area contributed by atoms with Crippen LogP contribution in [0.1, 0.15) is 20.7 Å². The molecule has 288 valence electrons. The number of carboxylic acid groups (broad SMARTS) is 2. The third-order valence-electron chi connectivity index (χ3n) is 6.71. The summed E-state index contributed by atoms with van der Waals surface area (Å²) in [6.45, 7) is -0.779. The van der Waals surface area contributed by atoms with Crippen LogP contribution in [0.5, 0.6) is 5.75 Å². The van der Waals surface area contributed by atoms with E-state index in [1.165, 1.54) is 0 Å². The van der Waals surface area contributed by atoms with Crippen molar-refractivity contribution in [2.75, 3.05) is 25.1 Å². The smallest absolute Gasteiger partial charge is 0.460 e. The zero-order valence-corrected chi connectivity index (χ0v) is 25.0. The molecule has 0 heterocycles. The van der Waals surface area contributed by atoms with Gasteiger partial charge < -0.3 is 19.8 Å². The van der Waals surface area contributed by atoms with Crippen molar-refractivity contribution in [1.82, 2.24) is 0 Å². The van der Waals surface area contributed by atoms with E-state index in [2.05, 4.69) is 0 Å². The van der Waals surface area contributed by atoms with Gasteiger partial charge in [-0.05, 0) is 42.5 Å². The second-order valence-electron chi connectivity index (χ2n) is 10.1. The quantitative estimate of drug-likeness (QED) is 0.180. The fourth-order valence-electron chi connectivity index (χ4n) is 3.70.